The fourth-order valence-electron chi connectivity index (χ4n) is 4.01. The number of amides is 1. The first-order valence-electron chi connectivity index (χ1n) is 9.87. The zero-order valence-electron chi connectivity index (χ0n) is 16.7. The van der Waals surface area contributed by atoms with E-state index >= 15 is 0 Å². The molecular formula is C25H23NO3S. The number of aryl methyl sites for hydroxylation is 1. The minimum absolute atomic E-state index is 0.0483. The molecule has 0 aliphatic carbocycles. The number of carboxylic acid groups (broad SMARTS) is 1. The fraction of sp³-hybridized carbons (Fsp3) is 0.200. The van der Waals surface area contributed by atoms with Crippen molar-refractivity contribution in [3.8, 4) is 0 Å². The molecule has 1 N–H and O–H groups in total. The van der Waals surface area contributed by atoms with Crippen molar-refractivity contribution in [1.82, 2.24) is 4.90 Å². The number of aliphatic carboxylic acids is 1. The molecular weight excluding hydrogens is 394 g/mol. The minimum Gasteiger partial charge on any atom is -0.480 e. The molecule has 1 aliphatic heterocycles. The molecule has 0 spiro atoms. The molecule has 1 fully saturated rings. The van der Waals surface area contributed by atoms with Crippen molar-refractivity contribution in [3.05, 3.63) is 102 Å². The number of carbonyl (C=O) groups is 2. The third-order valence-electron chi connectivity index (χ3n) is 5.48. The molecule has 4 nitrogen and oxygen atoms in total. The highest BCUT2D eigenvalue weighted by molar-refractivity contribution is 8.01. The maximum Gasteiger partial charge on any atom is 0.323 e. The van der Waals surface area contributed by atoms with Gasteiger partial charge in [-0.05, 0) is 30.2 Å². The van der Waals surface area contributed by atoms with Crippen LogP contribution in [0.25, 0.3) is 0 Å². The fourth-order valence-corrected chi connectivity index (χ4v) is 5.36. The first-order chi connectivity index (χ1) is 14.5. The summed E-state index contributed by atoms with van der Waals surface area (Å²) in [6, 6.07) is 26.4. The Balaban J connectivity index is 1.80. The van der Waals surface area contributed by atoms with Crippen LogP contribution in [0.3, 0.4) is 0 Å². The molecule has 1 amide bonds. The molecule has 30 heavy (non-hydrogen) atoms. The number of rotatable bonds is 6. The van der Waals surface area contributed by atoms with Gasteiger partial charge in [-0.1, -0.05) is 78.4 Å². The summed E-state index contributed by atoms with van der Waals surface area (Å²) in [6.45, 7) is 2.37. The molecule has 0 saturated carbocycles. The summed E-state index contributed by atoms with van der Waals surface area (Å²) in [6.07, 6.45) is -0.0483. The molecule has 0 aromatic heterocycles. The van der Waals surface area contributed by atoms with E-state index in [1.54, 1.807) is 4.90 Å². The second kappa shape index (κ2) is 8.36. The minimum atomic E-state index is -1.30. The van der Waals surface area contributed by atoms with E-state index in [1.807, 2.05) is 91.9 Å². The summed E-state index contributed by atoms with van der Waals surface area (Å²) in [5, 5.41) is 10.4. The van der Waals surface area contributed by atoms with E-state index in [4.69, 9.17) is 0 Å². The summed E-state index contributed by atoms with van der Waals surface area (Å²) in [5.41, 5.74) is 2.92. The molecule has 1 aliphatic rings. The molecule has 0 unspecified atom stereocenters. The topological polar surface area (TPSA) is 57.6 Å². The second-order valence-electron chi connectivity index (χ2n) is 7.61. The molecule has 3 aromatic carbocycles. The van der Waals surface area contributed by atoms with E-state index in [0.717, 1.165) is 21.6 Å². The SMILES string of the molecule is Cc1ccc(S[C@]2(C(=O)O)CC(=O)N(Cc3ccccc3)[C@@H]2c2ccccc2)cc1. The lowest BCUT2D eigenvalue weighted by Gasteiger charge is -2.34. The average Bonchev–Trinajstić information content (AvgIpc) is 3.03. The normalized spacial score (nSPS) is 21.0. The molecule has 2 atom stereocenters. The molecule has 1 heterocycles. The van der Waals surface area contributed by atoms with Crippen LogP contribution in [0.5, 0.6) is 0 Å². The van der Waals surface area contributed by atoms with Crippen LogP contribution in [0.1, 0.15) is 29.2 Å². The zero-order chi connectivity index (χ0) is 21.1. The summed E-state index contributed by atoms with van der Waals surface area (Å²) in [5.74, 6) is -1.11. The first-order valence-corrected chi connectivity index (χ1v) is 10.7. The maximum absolute atomic E-state index is 13.2. The van der Waals surface area contributed by atoms with Gasteiger partial charge in [0.1, 0.15) is 0 Å². The Morgan fingerprint density at radius 1 is 1.00 bits per heavy atom. The monoisotopic (exact) mass is 417 g/mol. The molecule has 152 valence electrons. The van der Waals surface area contributed by atoms with Gasteiger partial charge < -0.3 is 10.0 Å². The van der Waals surface area contributed by atoms with Crippen LogP contribution in [-0.2, 0) is 16.1 Å². The van der Waals surface area contributed by atoms with Crippen LogP contribution < -0.4 is 0 Å². The predicted octanol–water partition coefficient (Wildman–Crippen LogP) is 5.08. The average molecular weight is 418 g/mol. The van der Waals surface area contributed by atoms with Gasteiger partial charge in [-0.25, -0.2) is 0 Å². The quantitative estimate of drug-likeness (QED) is 0.607. The van der Waals surface area contributed by atoms with Gasteiger partial charge in [0.25, 0.3) is 0 Å². The van der Waals surface area contributed by atoms with Gasteiger partial charge in [0.2, 0.25) is 5.91 Å². The second-order valence-corrected chi connectivity index (χ2v) is 9.01. The van der Waals surface area contributed by atoms with Gasteiger partial charge >= 0.3 is 5.97 Å². The van der Waals surface area contributed by atoms with Crippen LogP contribution in [0.15, 0.2) is 89.8 Å². The van der Waals surface area contributed by atoms with Crippen LogP contribution in [0.2, 0.25) is 0 Å². The van der Waals surface area contributed by atoms with Crippen LogP contribution in [0, 0.1) is 6.92 Å². The largest absolute Gasteiger partial charge is 0.480 e. The third-order valence-corrected chi connectivity index (χ3v) is 6.90. The number of benzene rings is 3. The number of thioether (sulfide) groups is 1. The highest BCUT2D eigenvalue weighted by Gasteiger charge is 2.58. The Hall–Kier alpha value is -3.05. The standard InChI is InChI=1S/C25H23NO3S/c1-18-12-14-21(15-13-18)30-25(24(28)29)16-22(27)26(17-19-8-4-2-5-9-19)23(25)20-10-6-3-7-11-20/h2-15,23H,16-17H2,1H3,(H,28,29)/t23-,25-/m1/s1. The Morgan fingerprint density at radius 3 is 2.20 bits per heavy atom. The smallest absolute Gasteiger partial charge is 0.323 e. The highest BCUT2D eigenvalue weighted by Crippen LogP contribution is 2.53. The van der Waals surface area contributed by atoms with Gasteiger partial charge in [0.15, 0.2) is 4.75 Å². The summed E-state index contributed by atoms with van der Waals surface area (Å²) < 4.78 is -1.30. The molecule has 5 heteroatoms. The van der Waals surface area contributed by atoms with E-state index < -0.39 is 16.8 Å². The van der Waals surface area contributed by atoms with Gasteiger partial charge in [0, 0.05) is 11.4 Å². The van der Waals surface area contributed by atoms with Crippen molar-refractivity contribution in [2.45, 2.75) is 35.6 Å². The maximum atomic E-state index is 13.2. The summed E-state index contributed by atoms with van der Waals surface area (Å²) >= 11 is 1.27. The molecule has 1 saturated heterocycles. The number of hydrogen-bond donors (Lipinski definition) is 1. The van der Waals surface area contributed by atoms with Crippen LogP contribution >= 0.6 is 11.8 Å². The van der Waals surface area contributed by atoms with E-state index in [2.05, 4.69) is 0 Å². The Morgan fingerprint density at radius 2 is 1.60 bits per heavy atom. The Kier molecular flexibility index (Phi) is 5.64. The number of likely N-dealkylation sites (tertiary alicyclic amines) is 1. The van der Waals surface area contributed by atoms with Gasteiger partial charge in [0.05, 0.1) is 12.5 Å². The number of nitrogens with zero attached hydrogens (tertiary/aromatic N) is 1. The van der Waals surface area contributed by atoms with Crippen molar-refractivity contribution in [1.29, 1.82) is 0 Å². The number of carbonyl (C=O) groups excluding carboxylic acids is 1. The molecule has 3 aromatic rings. The Labute approximate surface area is 180 Å². The van der Waals surface area contributed by atoms with E-state index in [0.29, 0.717) is 6.54 Å². The van der Waals surface area contributed by atoms with Crippen molar-refractivity contribution >= 4 is 23.6 Å². The molecule has 0 radical (unpaired) electrons. The van der Waals surface area contributed by atoms with Crippen LogP contribution in [-0.4, -0.2) is 26.6 Å². The van der Waals surface area contributed by atoms with Gasteiger partial charge in [-0.3, -0.25) is 9.59 Å². The molecule has 4 rings (SSSR count). The third kappa shape index (κ3) is 3.85. The zero-order valence-corrected chi connectivity index (χ0v) is 17.5. The van der Waals surface area contributed by atoms with E-state index in [9.17, 15) is 14.7 Å². The van der Waals surface area contributed by atoms with Crippen molar-refractivity contribution in [2.24, 2.45) is 0 Å². The number of hydrogen-bond acceptors (Lipinski definition) is 3. The predicted molar refractivity (Wildman–Crippen MR) is 118 cm³/mol. The van der Waals surface area contributed by atoms with Crippen molar-refractivity contribution in [3.63, 3.8) is 0 Å². The van der Waals surface area contributed by atoms with Crippen LogP contribution in [0.4, 0.5) is 0 Å². The number of carboxylic acids is 1. The van der Waals surface area contributed by atoms with Gasteiger partial charge in [-0.2, -0.15) is 0 Å². The highest BCUT2D eigenvalue weighted by atomic mass is 32.2. The van der Waals surface area contributed by atoms with E-state index in [-0.39, 0.29) is 12.3 Å². The van der Waals surface area contributed by atoms with Crippen molar-refractivity contribution in [2.75, 3.05) is 0 Å². The first kappa shape index (κ1) is 20.2. The van der Waals surface area contributed by atoms with E-state index in [1.165, 1.54) is 11.8 Å². The van der Waals surface area contributed by atoms with Crippen molar-refractivity contribution < 1.29 is 14.7 Å². The lowest BCUT2D eigenvalue weighted by Crippen LogP contribution is -2.41. The summed E-state index contributed by atoms with van der Waals surface area (Å²) in [7, 11) is 0. The van der Waals surface area contributed by atoms with Gasteiger partial charge in [-0.15, -0.1) is 11.8 Å². The lowest BCUT2D eigenvalue weighted by atomic mass is 9.92. The lowest BCUT2D eigenvalue weighted by molar-refractivity contribution is -0.140. The molecule has 0 bridgehead atoms. The Bertz CT molecular complexity index is 1040. The summed E-state index contributed by atoms with van der Waals surface area (Å²) in [4.78, 5) is 28.5.